The molecule has 0 atom stereocenters. The van der Waals surface area contributed by atoms with Crippen LogP contribution in [0, 0.1) is 0 Å². The maximum absolute atomic E-state index is 11.1. The molecule has 0 N–H and O–H groups in total. The number of Topliss-reactive ketones (excluding diaryl/α,β-unsaturated/α-hetero) is 1. The quantitative estimate of drug-likeness (QED) is 0.552. The van der Waals surface area contributed by atoms with Crippen molar-refractivity contribution in [1.29, 1.82) is 0 Å². The topological polar surface area (TPSA) is 17.1 Å². The minimum absolute atomic E-state index is 0.422. The highest BCUT2D eigenvalue weighted by Crippen LogP contribution is 2.04. The molecule has 0 amide bonds. The summed E-state index contributed by atoms with van der Waals surface area (Å²) in [5.41, 5.74) is 0. The number of unbranched alkanes of at least 4 members (excludes halogenated alkanes) is 2. The van der Waals surface area contributed by atoms with Gasteiger partial charge in [0, 0.05) is 6.42 Å². The molecule has 0 aliphatic rings. The molecule has 0 saturated carbocycles. The van der Waals surface area contributed by atoms with Crippen LogP contribution in [-0.4, -0.2) is 17.3 Å². The molecule has 66 valence electrons. The van der Waals surface area contributed by atoms with Gasteiger partial charge in [0.2, 0.25) is 0 Å². The predicted molar refractivity (Wildman–Crippen MR) is 52.1 cm³/mol. The first-order valence-corrected chi connectivity index (χ1v) is 5.56. The Morgan fingerprint density at radius 2 is 2.00 bits per heavy atom. The number of thioether (sulfide) groups is 1. The highest BCUT2D eigenvalue weighted by molar-refractivity contribution is 7.99. The monoisotopic (exact) mass is 174 g/mol. The van der Waals surface area contributed by atoms with Crippen molar-refractivity contribution >= 4 is 17.5 Å². The van der Waals surface area contributed by atoms with Crippen LogP contribution in [0.1, 0.15) is 39.5 Å². The fraction of sp³-hybridized carbons (Fsp3) is 0.889. The number of rotatable bonds is 7. The van der Waals surface area contributed by atoms with E-state index in [1.54, 1.807) is 11.8 Å². The Bertz CT molecular complexity index is 102. The summed E-state index contributed by atoms with van der Waals surface area (Å²) in [4.78, 5) is 11.1. The molecule has 0 unspecified atom stereocenters. The van der Waals surface area contributed by atoms with Gasteiger partial charge in [-0.3, -0.25) is 4.79 Å². The number of hydrogen-bond donors (Lipinski definition) is 0. The molecule has 0 aliphatic heterocycles. The van der Waals surface area contributed by atoms with Crippen LogP contribution in [0.4, 0.5) is 0 Å². The Balaban J connectivity index is 3.09. The van der Waals surface area contributed by atoms with Gasteiger partial charge in [0.15, 0.2) is 0 Å². The lowest BCUT2D eigenvalue weighted by atomic mass is 10.2. The molecule has 2 heteroatoms. The van der Waals surface area contributed by atoms with Crippen LogP contribution in [0.15, 0.2) is 0 Å². The van der Waals surface area contributed by atoms with Gasteiger partial charge in [-0.05, 0) is 12.2 Å². The third-order valence-corrected chi connectivity index (χ3v) is 2.46. The van der Waals surface area contributed by atoms with E-state index in [0.29, 0.717) is 5.78 Å². The average molecular weight is 174 g/mol. The van der Waals surface area contributed by atoms with Gasteiger partial charge < -0.3 is 0 Å². The lowest BCUT2D eigenvalue weighted by molar-refractivity contribution is -0.116. The van der Waals surface area contributed by atoms with Gasteiger partial charge in [0.1, 0.15) is 5.78 Å². The smallest absolute Gasteiger partial charge is 0.142 e. The second-order valence-electron chi connectivity index (χ2n) is 2.63. The van der Waals surface area contributed by atoms with Gasteiger partial charge in [-0.15, -0.1) is 0 Å². The van der Waals surface area contributed by atoms with E-state index in [0.717, 1.165) is 24.3 Å². The van der Waals surface area contributed by atoms with Gasteiger partial charge in [-0.2, -0.15) is 11.8 Å². The number of carbonyl (C=O) groups is 1. The predicted octanol–water partition coefficient (Wildman–Crippen LogP) is 2.89. The van der Waals surface area contributed by atoms with Gasteiger partial charge in [0.05, 0.1) is 5.75 Å². The summed E-state index contributed by atoms with van der Waals surface area (Å²) in [5.74, 6) is 2.20. The van der Waals surface area contributed by atoms with E-state index >= 15 is 0 Å². The highest BCUT2D eigenvalue weighted by Gasteiger charge is 1.99. The first-order valence-electron chi connectivity index (χ1n) is 4.40. The first-order chi connectivity index (χ1) is 5.31. The molecule has 0 aromatic rings. The molecule has 0 aromatic heterocycles. The van der Waals surface area contributed by atoms with Gasteiger partial charge in [-0.25, -0.2) is 0 Å². The molecular weight excluding hydrogens is 156 g/mol. The summed E-state index contributed by atoms with van der Waals surface area (Å²) in [5, 5.41) is 0. The van der Waals surface area contributed by atoms with Crippen LogP contribution in [0.2, 0.25) is 0 Å². The summed E-state index contributed by atoms with van der Waals surface area (Å²) < 4.78 is 0. The second kappa shape index (κ2) is 8.12. The molecule has 0 heterocycles. The fourth-order valence-corrected chi connectivity index (χ4v) is 1.44. The average Bonchev–Trinajstić information content (AvgIpc) is 2.01. The molecule has 0 spiro atoms. The molecule has 0 saturated heterocycles. The highest BCUT2D eigenvalue weighted by atomic mass is 32.2. The lowest BCUT2D eigenvalue weighted by Crippen LogP contribution is -2.00. The third kappa shape index (κ3) is 7.92. The molecular formula is C9H18OS. The van der Waals surface area contributed by atoms with Crippen molar-refractivity contribution in [2.45, 2.75) is 39.5 Å². The van der Waals surface area contributed by atoms with Crippen LogP contribution >= 0.6 is 11.8 Å². The molecule has 0 aromatic carbocycles. The zero-order chi connectivity index (χ0) is 8.53. The lowest BCUT2D eigenvalue weighted by Gasteiger charge is -1.97. The van der Waals surface area contributed by atoms with Gasteiger partial charge >= 0.3 is 0 Å². The summed E-state index contributed by atoms with van der Waals surface area (Å²) in [6, 6.07) is 0. The van der Waals surface area contributed by atoms with Crippen LogP contribution in [-0.2, 0) is 4.79 Å². The van der Waals surface area contributed by atoms with Gasteiger partial charge in [0.25, 0.3) is 0 Å². The maximum Gasteiger partial charge on any atom is 0.142 e. The van der Waals surface area contributed by atoms with Crippen molar-refractivity contribution < 1.29 is 4.79 Å². The largest absolute Gasteiger partial charge is 0.299 e. The second-order valence-corrected chi connectivity index (χ2v) is 3.91. The van der Waals surface area contributed by atoms with Crippen molar-refractivity contribution in [3.05, 3.63) is 0 Å². The van der Waals surface area contributed by atoms with E-state index in [-0.39, 0.29) is 0 Å². The number of ketones is 1. The van der Waals surface area contributed by atoms with E-state index in [2.05, 4.69) is 13.8 Å². The molecule has 0 fully saturated rings. The summed E-state index contributed by atoms with van der Waals surface area (Å²) in [6.45, 7) is 4.25. The van der Waals surface area contributed by atoms with Crippen molar-refractivity contribution in [1.82, 2.24) is 0 Å². The molecule has 0 bridgehead atoms. The molecule has 0 radical (unpaired) electrons. The minimum atomic E-state index is 0.422. The Hall–Kier alpha value is 0.0200. The molecule has 1 nitrogen and oxygen atoms in total. The third-order valence-electron chi connectivity index (χ3n) is 1.53. The summed E-state index contributed by atoms with van der Waals surface area (Å²) in [6.07, 6.45) is 4.27. The van der Waals surface area contributed by atoms with E-state index in [9.17, 15) is 4.79 Å². The normalized spacial score (nSPS) is 10.0. The van der Waals surface area contributed by atoms with E-state index in [1.807, 2.05) is 0 Å². The van der Waals surface area contributed by atoms with Crippen LogP contribution in [0.5, 0.6) is 0 Å². The molecule has 11 heavy (non-hydrogen) atoms. The van der Waals surface area contributed by atoms with Crippen LogP contribution < -0.4 is 0 Å². The zero-order valence-electron chi connectivity index (χ0n) is 7.56. The van der Waals surface area contributed by atoms with Crippen LogP contribution in [0.3, 0.4) is 0 Å². The maximum atomic E-state index is 11.1. The number of carbonyl (C=O) groups excluding carboxylic acids is 1. The van der Waals surface area contributed by atoms with Crippen molar-refractivity contribution in [2.75, 3.05) is 11.5 Å². The fourth-order valence-electron chi connectivity index (χ4n) is 0.860. The Labute approximate surface area is 73.9 Å². The zero-order valence-corrected chi connectivity index (χ0v) is 8.38. The summed E-state index contributed by atoms with van der Waals surface area (Å²) >= 11 is 1.72. The molecule has 0 rings (SSSR count). The minimum Gasteiger partial charge on any atom is -0.299 e. The molecule has 0 aliphatic carbocycles. The Morgan fingerprint density at radius 1 is 1.27 bits per heavy atom. The first kappa shape index (κ1) is 11.0. The van der Waals surface area contributed by atoms with Crippen molar-refractivity contribution in [3.8, 4) is 0 Å². The van der Waals surface area contributed by atoms with Crippen molar-refractivity contribution in [3.63, 3.8) is 0 Å². The summed E-state index contributed by atoms with van der Waals surface area (Å²) in [7, 11) is 0. The Kier molecular flexibility index (Phi) is 8.13. The van der Waals surface area contributed by atoms with E-state index in [1.165, 1.54) is 12.8 Å². The van der Waals surface area contributed by atoms with Crippen molar-refractivity contribution in [2.24, 2.45) is 0 Å². The van der Waals surface area contributed by atoms with Gasteiger partial charge in [-0.1, -0.05) is 26.7 Å². The van der Waals surface area contributed by atoms with E-state index < -0.39 is 0 Å². The Morgan fingerprint density at radius 3 is 2.55 bits per heavy atom. The van der Waals surface area contributed by atoms with E-state index in [4.69, 9.17) is 0 Å². The van der Waals surface area contributed by atoms with Crippen LogP contribution in [0.25, 0.3) is 0 Å². The SMILES string of the molecule is CCCCCC(=O)CSCC. The standard InChI is InChI=1S/C9H18OS/c1-3-5-6-7-9(10)8-11-4-2/h3-8H2,1-2H3. The number of hydrogen-bond acceptors (Lipinski definition) is 2.